The van der Waals surface area contributed by atoms with Crippen molar-refractivity contribution in [2.45, 2.75) is 13.8 Å². The van der Waals surface area contributed by atoms with Gasteiger partial charge in [0.15, 0.2) is 5.69 Å². The lowest BCUT2D eigenvalue weighted by atomic mass is 9.93. The number of primary amides is 1. The molecule has 0 fully saturated rings. The molecule has 0 aliphatic carbocycles. The van der Waals surface area contributed by atoms with Crippen LogP contribution in [0.15, 0.2) is 30.5 Å². The summed E-state index contributed by atoms with van der Waals surface area (Å²) in [5.41, 5.74) is 17.2. The normalized spacial score (nSPS) is 11.3. The van der Waals surface area contributed by atoms with Gasteiger partial charge in [0.25, 0.3) is 5.91 Å². The number of benzene rings is 2. The molecular formula is C18H16N6O. The highest BCUT2D eigenvalue weighted by atomic mass is 16.1. The Hall–Kier alpha value is -3.48. The van der Waals surface area contributed by atoms with E-state index in [9.17, 15) is 4.79 Å². The van der Waals surface area contributed by atoms with Crippen molar-refractivity contribution >= 4 is 33.4 Å². The first kappa shape index (κ1) is 15.1. The number of nitrogens with one attached hydrogen (secondary N) is 1. The Balaban J connectivity index is 2.09. The number of carbonyl (C=O) groups excluding carboxylic acids is 1. The zero-order chi connectivity index (χ0) is 17.7. The van der Waals surface area contributed by atoms with E-state index in [1.54, 1.807) is 6.20 Å². The number of rotatable bonds is 2. The summed E-state index contributed by atoms with van der Waals surface area (Å²) >= 11 is 0. The molecule has 25 heavy (non-hydrogen) atoms. The topological polar surface area (TPSA) is 124 Å². The van der Waals surface area contributed by atoms with Crippen molar-refractivity contribution in [3.05, 3.63) is 47.3 Å². The molecule has 0 radical (unpaired) electrons. The lowest BCUT2D eigenvalue weighted by Gasteiger charge is -2.14. The number of H-pyrrole nitrogens is 1. The molecule has 7 heteroatoms. The van der Waals surface area contributed by atoms with Gasteiger partial charge in [-0.1, -0.05) is 18.2 Å². The fourth-order valence-corrected chi connectivity index (χ4v) is 3.32. The lowest BCUT2D eigenvalue weighted by Crippen LogP contribution is -2.17. The van der Waals surface area contributed by atoms with E-state index >= 15 is 0 Å². The van der Waals surface area contributed by atoms with Crippen molar-refractivity contribution in [2.24, 2.45) is 5.73 Å². The summed E-state index contributed by atoms with van der Waals surface area (Å²) in [7, 11) is 0. The predicted octanol–water partition coefficient (Wildman–Crippen LogP) is 2.47. The summed E-state index contributed by atoms with van der Waals surface area (Å²) in [4.78, 5) is 11.5. The molecule has 0 aliphatic heterocycles. The van der Waals surface area contributed by atoms with E-state index < -0.39 is 5.91 Å². The Morgan fingerprint density at radius 1 is 1.12 bits per heavy atom. The fourth-order valence-electron chi connectivity index (χ4n) is 3.32. The van der Waals surface area contributed by atoms with Gasteiger partial charge >= 0.3 is 0 Å². The number of fused-ring (bicyclic) bond motifs is 2. The fraction of sp³-hybridized carbons (Fsp3) is 0.111. The van der Waals surface area contributed by atoms with Crippen LogP contribution in [0.25, 0.3) is 32.9 Å². The van der Waals surface area contributed by atoms with E-state index in [-0.39, 0.29) is 11.4 Å². The second-order valence-corrected chi connectivity index (χ2v) is 6.11. The van der Waals surface area contributed by atoms with E-state index in [2.05, 4.69) is 20.4 Å². The summed E-state index contributed by atoms with van der Waals surface area (Å²) in [6, 6.07) is 8.04. The molecule has 0 saturated carbocycles. The number of nitrogens with two attached hydrogens (primary N) is 2. The SMILES string of the molecule is Cc1cc(C)c2c(N)c(C(N)=O)nnc2c1-c1ccc2cn[nH]c2c1. The average molecular weight is 332 g/mol. The van der Waals surface area contributed by atoms with Crippen LogP contribution in [0.4, 0.5) is 5.69 Å². The number of carbonyl (C=O) groups is 1. The smallest absolute Gasteiger partial charge is 0.271 e. The number of nitrogen functional groups attached to an aromatic ring is 1. The maximum absolute atomic E-state index is 11.5. The third-order valence-corrected chi connectivity index (χ3v) is 4.43. The van der Waals surface area contributed by atoms with Crippen LogP contribution in [0.5, 0.6) is 0 Å². The highest BCUT2D eigenvalue weighted by Gasteiger charge is 2.19. The molecule has 4 rings (SSSR count). The monoisotopic (exact) mass is 332 g/mol. The highest BCUT2D eigenvalue weighted by Crippen LogP contribution is 2.36. The van der Waals surface area contributed by atoms with Gasteiger partial charge in [0.05, 0.1) is 17.4 Å². The first-order valence-electron chi connectivity index (χ1n) is 7.76. The zero-order valence-corrected chi connectivity index (χ0v) is 13.8. The summed E-state index contributed by atoms with van der Waals surface area (Å²) in [5, 5.41) is 17.0. The van der Waals surface area contributed by atoms with E-state index in [1.165, 1.54) is 0 Å². The number of hydrogen-bond donors (Lipinski definition) is 3. The second kappa shape index (κ2) is 5.27. The van der Waals surface area contributed by atoms with Crippen molar-refractivity contribution in [3.8, 4) is 11.1 Å². The first-order chi connectivity index (χ1) is 12.0. The van der Waals surface area contributed by atoms with Gasteiger partial charge in [-0.2, -0.15) is 5.10 Å². The molecule has 5 N–H and O–H groups in total. The maximum Gasteiger partial charge on any atom is 0.271 e. The van der Waals surface area contributed by atoms with E-state index in [1.807, 2.05) is 38.1 Å². The van der Waals surface area contributed by atoms with Gasteiger partial charge in [0.2, 0.25) is 0 Å². The van der Waals surface area contributed by atoms with Gasteiger partial charge in [-0.3, -0.25) is 9.89 Å². The summed E-state index contributed by atoms with van der Waals surface area (Å²) < 4.78 is 0. The van der Waals surface area contributed by atoms with Gasteiger partial charge in [-0.05, 0) is 36.6 Å². The number of aromatic nitrogens is 4. The molecule has 2 heterocycles. The molecule has 0 unspecified atom stereocenters. The van der Waals surface area contributed by atoms with Gasteiger partial charge in [0.1, 0.15) is 5.52 Å². The van der Waals surface area contributed by atoms with Crippen molar-refractivity contribution in [3.63, 3.8) is 0 Å². The van der Waals surface area contributed by atoms with Crippen molar-refractivity contribution in [2.75, 3.05) is 5.73 Å². The van der Waals surface area contributed by atoms with Crippen LogP contribution in [0.3, 0.4) is 0 Å². The van der Waals surface area contributed by atoms with Crippen LogP contribution in [-0.4, -0.2) is 26.3 Å². The van der Waals surface area contributed by atoms with Crippen molar-refractivity contribution < 1.29 is 4.79 Å². The molecule has 4 aromatic rings. The molecule has 2 aromatic carbocycles. The largest absolute Gasteiger partial charge is 0.396 e. The number of aromatic amines is 1. The van der Waals surface area contributed by atoms with Gasteiger partial charge < -0.3 is 11.5 Å². The first-order valence-corrected chi connectivity index (χ1v) is 7.76. The minimum Gasteiger partial charge on any atom is -0.396 e. The number of nitrogens with zero attached hydrogens (tertiary/aromatic N) is 3. The van der Waals surface area contributed by atoms with E-state index in [0.717, 1.165) is 33.2 Å². The van der Waals surface area contributed by atoms with Crippen LogP contribution in [0, 0.1) is 13.8 Å². The van der Waals surface area contributed by atoms with Crippen LogP contribution >= 0.6 is 0 Å². The van der Waals surface area contributed by atoms with Crippen molar-refractivity contribution in [1.82, 2.24) is 20.4 Å². The summed E-state index contributed by atoms with van der Waals surface area (Å²) in [6.07, 6.45) is 1.77. The third-order valence-electron chi connectivity index (χ3n) is 4.43. The van der Waals surface area contributed by atoms with Crippen LogP contribution < -0.4 is 11.5 Å². The Labute approximate surface area is 143 Å². The second-order valence-electron chi connectivity index (χ2n) is 6.11. The molecule has 124 valence electrons. The molecule has 2 aromatic heterocycles. The minimum absolute atomic E-state index is 0.00516. The molecule has 0 bridgehead atoms. The van der Waals surface area contributed by atoms with Gasteiger partial charge in [-0.15, -0.1) is 10.2 Å². The van der Waals surface area contributed by atoms with Crippen molar-refractivity contribution in [1.29, 1.82) is 0 Å². The van der Waals surface area contributed by atoms with Gasteiger partial charge in [0, 0.05) is 16.3 Å². The van der Waals surface area contributed by atoms with Gasteiger partial charge in [-0.25, -0.2) is 0 Å². The van der Waals surface area contributed by atoms with E-state index in [0.29, 0.717) is 10.9 Å². The molecule has 0 aliphatic rings. The highest BCUT2D eigenvalue weighted by molar-refractivity contribution is 6.09. The minimum atomic E-state index is -0.688. The Kier molecular flexibility index (Phi) is 3.18. The number of anilines is 1. The maximum atomic E-state index is 11.5. The van der Waals surface area contributed by atoms with Crippen LogP contribution in [0.2, 0.25) is 0 Å². The number of hydrogen-bond acceptors (Lipinski definition) is 5. The van der Waals surface area contributed by atoms with Crippen LogP contribution in [-0.2, 0) is 0 Å². The summed E-state index contributed by atoms with van der Waals surface area (Å²) in [5.74, 6) is -0.688. The molecule has 0 spiro atoms. The molecule has 7 nitrogen and oxygen atoms in total. The Morgan fingerprint density at radius 3 is 2.68 bits per heavy atom. The third kappa shape index (κ3) is 2.20. The molecular weight excluding hydrogens is 316 g/mol. The summed E-state index contributed by atoms with van der Waals surface area (Å²) in [6.45, 7) is 3.94. The molecule has 0 atom stereocenters. The average Bonchev–Trinajstić information content (AvgIpc) is 3.02. The number of amides is 1. The predicted molar refractivity (Wildman–Crippen MR) is 97.0 cm³/mol. The van der Waals surface area contributed by atoms with E-state index in [4.69, 9.17) is 11.5 Å². The Bertz CT molecular complexity index is 1160. The Morgan fingerprint density at radius 2 is 1.92 bits per heavy atom. The molecule has 1 amide bonds. The quantitative estimate of drug-likeness (QED) is 0.520. The lowest BCUT2D eigenvalue weighted by molar-refractivity contribution is 0.0996. The standard InChI is InChI=1S/C18H16N6O/c1-8-5-9(2)14-15(19)17(18(20)25)24-23-16(14)13(8)10-3-4-11-7-21-22-12(11)6-10/h3-7H,1-2H3,(H2,19,23)(H2,20,25)(H,21,22). The zero-order valence-electron chi connectivity index (χ0n) is 13.8. The number of aryl methyl sites for hydroxylation is 2. The van der Waals surface area contributed by atoms with Crippen LogP contribution in [0.1, 0.15) is 21.6 Å². The molecule has 0 saturated heterocycles.